The number of ether oxygens (including phenoxy) is 1. The predicted molar refractivity (Wildman–Crippen MR) is 71.7 cm³/mol. The third kappa shape index (κ3) is 3.01. The van der Waals surface area contributed by atoms with Crippen LogP contribution in [0.5, 0.6) is 0 Å². The number of hydrogen-bond donors (Lipinski definition) is 1. The van der Waals surface area contributed by atoms with Gasteiger partial charge in [-0.15, -0.1) is 11.3 Å². The number of hydrogen-bond acceptors (Lipinski definition) is 7. The second kappa shape index (κ2) is 5.79. The Labute approximate surface area is 115 Å². The molecule has 19 heavy (non-hydrogen) atoms. The fraction of sp³-hybridized carbons (Fsp3) is 0.500. The van der Waals surface area contributed by atoms with Crippen molar-refractivity contribution in [2.75, 3.05) is 26.2 Å². The van der Waals surface area contributed by atoms with Crippen LogP contribution >= 0.6 is 11.3 Å². The lowest BCUT2D eigenvalue weighted by atomic mass is 10.2. The van der Waals surface area contributed by atoms with Crippen LogP contribution in [0.4, 0.5) is 0 Å². The van der Waals surface area contributed by atoms with Crippen molar-refractivity contribution in [2.24, 2.45) is 5.73 Å². The Morgan fingerprint density at radius 1 is 1.53 bits per heavy atom. The summed E-state index contributed by atoms with van der Waals surface area (Å²) in [5.41, 5.74) is 5.63. The molecule has 2 aromatic heterocycles. The molecular weight excluding hydrogens is 264 g/mol. The molecule has 2 N–H and O–H groups in total. The summed E-state index contributed by atoms with van der Waals surface area (Å²) in [5.74, 6) is 1.30. The van der Waals surface area contributed by atoms with Crippen molar-refractivity contribution in [3.63, 3.8) is 0 Å². The zero-order valence-electron chi connectivity index (χ0n) is 10.5. The number of aromatic nitrogens is 2. The molecule has 3 heterocycles. The third-order valence-corrected chi connectivity index (χ3v) is 3.92. The average molecular weight is 280 g/mol. The van der Waals surface area contributed by atoms with Gasteiger partial charge in [-0.1, -0.05) is 11.2 Å². The predicted octanol–water partition coefficient (Wildman–Crippen LogP) is 0.958. The first-order chi connectivity index (χ1) is 9.35. The lowest BCUT2D eigenvalue weighted by molar-refractivity contribution is -0.0288. The van der Waals surface area contributed by atoms with Crippen molar-refractivity contribution >= 4 is 11.3 Å². The summed E-state index contributed by atoms with van der Waals surface area (Å²) in [6, 6.07) is 3.96. The monoisotopic (exact) mass is 280 g/mol. The van der Waals surface area contributed by atoms with E-state index in [-0.39, 0.29) is 6.10 Å². The van der Waals surface area contributed by atoms with E-state index in [1.165, 1.54) is 0 Å². The van der Waals surface area contributed by atoms with Crippen LogP contribution in [0.3, 0.4) is 0 Å². The molecule has 1 aliphatic heterocycles. The average Bonchev–Trinajstić information content (AvgIpc) is 3.09. The summed E-state index contributed by atoms with van der Waals surface area (Å²) < 4.78 is 10.8. The zero-order valence-corrected chi connectivity index (χ0v) is 11.3. The molecule has 6 nitrogen and oxygen atoms in total. The van der Waals surface area contributed by atoms with Gasteiger partial charge in [-0.25, -0.2) is 0 Å². The number of morpholine rings is 1. The molecule has 0 aliphatic carbocycles. The molecule has 2 aromatic rings. The van der Waals surface area contributed by atoms with Gasteiger partial charge in [-0.3, -0.25) is 4.90 Å². The highest BCUT2D eigenvalue weighted by atomic mass is 32.1. The van der Waals surface area contributed by atoms with Gasteiger partial charge in [-0.05, 0) is 11.4 Å². The van der Waals surface area contributed by atoms with Crippen LogP contribution < -0.4 is 5.73 Å². The maximum Gasteiger partial charge on any atom is 0.241 e. The number of nitrogens with zero attached hydrogens (tertiary/aromatic N) is 3. The summed E-state index contributed by atoms with van der Waals surface area (Å²) in [4.78, 5) is 7.67. The Morgan fingerprint density at radius 2 is 2.47 bits per heavy atom. The number of thiophene rings is 1. The van der Waals surface area contributed by atoms with Crippen molar-refractivity contribution < 1.29 is 9.26 Å². The fourth-order valence-corrected chi connectivity index (χ4v) is 2.73. The van der Waals surface area contributed by atoms with Crippen LogP contribution in [0.1, 0.15) is 5.89 Å². The minimum atomic E-state index is 0.105. The molecule has 1 saturated heterocycles. The first-order valence-electron chi connectivity index (χ1n) is 6.25. The summed E-state index contributed by atoms with van der Waals surface area (Å²) >= 11 is 1.60. The molecule has 1 atom stereocenters. The van der Waals surface area contributed by atoms with Gasteiger partial charge in [-0.2, -0.15) is 4.98 Å². The molecule has 1 unspecified atom stereocenters. The van der Waals surface area contributed by atoms with Crippen molar-refractivity contribution in [3.05, 3.63) is 23.4 Å². The first kappa shape index (κ1) is 12.7. The summed E-state index contributed by atoms with van der Waals surface area (Å²) in [7, 11) is 0. The van der Waals surface area contributed by atoms with Gasteiger partial charge >= 0.3 is 0 Å². The topological polar surface area (TPSA) is 77.4 Å². The van der Waals surface area contributed by atoms with E-state index < -0.39 is 0 Å². The quantitative estimate of drug-likeness (QED) is 0.898. The Kier molecular flexibility index (Phi) is 3.88. The lowest BCUT2D eigenvalue weighted by Crippen LogP contribution is -2.45. The van der Waals surface area contributed by atoms with Crippen molar-refractivity contribution in [1.29, 1.82) is 0 Å². The Balaban J connectivity index is 1.64. The Hall–Kier alpha value is -1.28. The van der Waals surface area contributed by atoms with Crippen molar-refractivity contribution in [3.8, 4) is 10.7 Å². The standard InChI is InChI=1S/C12H16N4O2S/c13-6-9-7-16(3-4-17-9)8-11-14-12(15-18-11)10-2-1-5-19-10/h1-2,5,9H,3-4,6-8,13H2. The van der Waals surface area contributed by atoms with E-state index in [1.54, 1.807) is 11.3 Å². The molecule has 7 heteroatoms. The molecule has 1 aliphatic rings. The van der Waals surface area contributed by atoms with Crippen molar-refractivity contribution in [1.82, 2.24) is 15.0 Å². The molecule has 0 spiro atoms. The second-order valence-electron chi connectivity index (χ2n) is 4.45. The largest absolute Gasteiger partial charge is 0.374 e. The van der Waals surface area contributed by atoms with Gasteiger partial charge in [0.05, 0.1) is 24.1 Å². The minimum Gasteiger partial charge on any atom is -0.374 e. The van der Waals surface area contributed by atoms with Gasteiger partial charge in [0.2, 0.25) is 11.7 Å². The highest BCUT2D eigenvalue weighted by molar-refractivity contribution is 7.13. The summed E-state index contributed by atoms with van der Waals surface area (Å²) in [6.45, 7) is 3.58. The maximum absolute atomic E-state index is 5.63. The van der Waals surface area contributed by atoms with E-state index in [4.69, 9.17) is 15.0 Å². The molecule has 0 radical (unpaired) electrons. The second-order valence-corrected chi connectivity index (χ2v) is 5.40. The van der Waals surface area contributed by atoms with Crippen LogP contribution in [-0.4, -0.2) is 47.4 Å². The SMILES string of the molecule is NCC1CN(Cc2nc(-c3cccs3)no2)CCO1. The van der Waals surface area contributed by atoms with Crippen LogP contribution in [0, 0.1) is 0 Å². The van der Waals surface area contributed by atoms with Gasteiger partial charge in [0.15, 0.2) is 0 Å². The molecule has 0 bridgehead atoms. The van der Waals surface area contributed by atoms with Gasteiger partial charge < -0.3 is 15.0 Å². The molecule has 0 saturated carbocycles. The maximum atomic E-state index is 5.63. The van der Waals surface area contributed by atoms with E-state index in [9.17, 15) is 0 Å². The van der Waals surface area contributed by atoms with E-state index in [0.29, 0.717) is 31.4 Å². The molecular formula is C12H16N4O2S. The van der Waals surface area contributed by atoms with E-state index >= 15 is 0 Å². The third-order valence-electron chi connectivity index (χ3n) is 3.05. The fourth-order valence-electron chi connectivity index (χ4n) is 2.08. The van der Waals surface area contributed by atoms with Crippen LogP contribution in [-0.2, 0) is 11.3 Å². The van der Waals surface area contributed by atoms with Crippen LogP contribution in [0.15, 0.2) is 22.0 Å². The summed E-state index contributed by atoms with van der Waals surface area (Å²) in [5, 5.41) is 6.00. The first-order valence-corrected chi connectivity index (χ1v) is 7.13. The Bertz CT molecular complexity index is 514. The van der Waals surface area contributed by atoms with Crippen LogP contribution in [0.25, 0.3) is 10.7 Å². The number of nitrogens with two attached hydrogens (primary N) is 1. The highest BCUT2D eigenvalue weighted by Crippen LogP contribution is 2.21. The summed E-state index contributed by atoms with van der Waals surface area (Å²) in [6.07, 6.45) is 0.105. The van der Waals surface area contributed by atoms with Gasteiger partial charge in [0, 0.05) is 19.6 Å². The molecule has 1 fully saturated rings. The number of rotatable bonds is 4. The minimum absolute atomic E-state index is 0.105. The van der Waals surface area contributed by atoms with E-state index in [1.807, 2.05) is 17.5 Å². The molecule has 3 rings (SSSR count). The van der Waals surface area contributed by atoms with E-state index in [0.717, 1.165) is 18.0 Å². The smallest absolute Gasteiger partial charge is 0.241 e. The zero-order chi connectivity index (χ0) is 13.1. The lowest BCUT2D eigenvalue weighted by Gasteiger charge is -2.31. The molecule has 0 amide bonds. The highest BCUT2D eigenvalue weighted by Gasteiger charge is 2.21. The Morgan fingerprint density at radius 3 is 3.26 bits per heavy atom. The van der Waals surface area contributed by atoms with Crippen LogP contribution in [0.2, 0.25) is 0 Å². The normalized spacial score (nSPS) is 20.8. The molecule has 0 aromatic carbocycles. The van der Waals surface area contributed by atoms with Gasteiger partial charge in [0.25, 0.3) is 0 Å². The van der Waals surface area contributed by atoms with Gasteiger partial charge in [0.1, 0.15) is 0 Å². The van der Waals surface area contributed by atoms with Crippen molar-refractivity contribution in [2.45, 2.75) is 12.6 Å². The van der Waals surface area contributed by atoms with E-state index in [2.05, 4.69) is 15.0 Å². The molecule has 102 valence electrons.